The van der Waals surface area contributed by atoms with Crippen molar-refractivity contribution in [3.63, 3.8) is 0 Å². The fourth-order valence-corrected chi connectivity index (χ4v) is 4.65. The fourth-order valence-electron chi connectivity index (χ4n) is 4.02. The third kappa shape index (κ3) is 6.12. The van der Waals surface area contributed by atoms with Gasteiger partial charge in [-0.1, -0.05) is 38.8 Å². The van der Waals surface area contributed by atoms with Crippen molar-refractivity contribution >= 4 is 38.7 Å². The molecule has 1 unspecified atom stereocenters. The number of carbonyl (C=O) groups excluding carboxylic acids is 3. The molecular formula is C26H22F5NO7S. The molecule has 0 fully saturated rings. The van der Waals surface area contributed by atoms with Crippen LogP contribution in [0.2, 0.25) is 0 Å². The summed E-state index contributed by atoms with van der Waals surface area (Å²) in [5.41, 5.74) is 0.816. The number of hydrogen-bond donors (Lipinski definition) is 2. The number of rotatable bonds is 7. The standard InChI is InChI=1S/C20H21NO4.C6HF5O3S/c1-3-5-7-12(4-2)20(24)25-14-10-13-8-6-9-15-17(13)16(11-14)19(23)21-18(15)22;7-1-2(8)4(10)6(15(12,13)14)5(11)3(1)9/h6,8-12H,3-5,7H2,1-2H3,(H,21,22,23);(H,12,13,14). The molecule has 0 aliphatic carbocycles. The lowest BCUT2D eigenvalue weighted by Gasteiger charge is -2.18. The topological polar surface area (TPSA) is 127 Å². The highest BCUT2D eigenvalue weighted by Gasteiger charge is 2.32. The third-order valence-corrected chi connectivity index (χ3v) is 6.92. The Labute approximate surface area is 224 Å². The van der Waals surface area contributed by atoms with Gasteiger partial charge < -0.3 is 4.74 Å². The summed E-state index contributed by atoms with van der Waals surface area (Å²) in [4.78, 5) is 34.3. The van der Waals surface area contributed by atoms with Crippen molar-refractivity contribution < 1.29 is 54.0 Å². The molecule has 0 saturated carbocycles. The van der Waals surface area contributed by atoms with Gasteiger partial charge in [0.15, 0.2) is 28.2 Å². The molecule has 2 N–H and O–H groups in total. The van der Waals surface area contributed by atoms with Gasteiger partial charge in [-0.05, 0) is 36.4 Å². The minimum Gasteiger partial charge on any atom is -0.426 e. The van der Waals surface area contributed by atoms with Crippen LogP contribution < -0.4 is 10.1 Å². The molecule has 2 amide bonds. The highest BCUT2D eigenvalue weighted by atomic mass is 32.2. The summed E-state index contributed by atoms with van der Waals surface area (Å²) in [6.45, 7) is 4.06. The van der Waals surface area contributed by atoms with E-state index >= 15 is 0 Å². The van der Waals surface area contributed by atoms with E-state index in [1.165, 1.54) is 6.07 Å². The van der Waals surface area contributed by atoms with Crippen LogP contribution in [0.3, 0.4) is 0 Å². The van der Waals surface area contributed by atoms with E-state index in [0.29, 0.717) is 27.6 Å². The Bertz CT molecular complexity index is 1600. The Hall–Kier alpha value is -3.91. The van der Waals surface area contributed by atoms with Crippen LogP contribution in [0.25, 0.3) is 10.8 Å². The summed E-state index contributed by atoms with van der Waals surface area (Å²) in [6, 6.07) is 8.48. The molecule has 4 rings (SSSR count). The molecule has 1 aliphatic heterocycles. The first kappa shape index (κ1) is 30.6. The van der Waals surface area contributed by atoms with Crippen molar-refractivity contribution in [3.8, 4) is 5.75 Å². The van der Waals surface area contributed by atoms with Crippen LogP contribution in [0.1, 0.15) is 60.2 Å². The largest absolute Gasteiger partial charge is 0.426 e. The predicted octanol–water partition coefficient (Wildman–Crippen LogP) is 5.47. The molecule has 8 nitrogen and oxygen atoms in total. The van der Waals surface area contributed by atoms with Gasteiger partial charge in [0, 0.05) is 10.9 Å². The molecule has 40 heavy (non-hydrogen) atoms. The monoisotopic (exact) mass is 587 g/mol. The van der Waals surface area contributed by atoms with Crippen molar-refractivity contribution in [2.75, 3.05) is 0 Å². The molecule has 1 atom stereocenters. The number of imide groups is 1. The van der Waals surface area contributed by atoms with Crippen molar-refractivity contribution in [2.24, 2.45) is 5.92 Å². The highest BCUT2D eigenvalue weighted by molar-refractivity contribution is 7.85. The van der Waals surface area contributed by atoms with Gasteiger partial charge >= 0.3 is 16.1 Å². The average Bonchev–Trinajstić information content (AvgIpc) is 2.89. The third-order valence-electron chi connectivity index (χ3n) is 6.04. The van der Waals surface area contributed by atoms with E-state index in [-0.39, 0.29) is 11.9 Å². The van der Waals surface area contributed by atoms with Crippen LogP contribution in [-0.4, -0.2) is 30.8 Å². The number of benzene rings is 3. The molecule has 0 radical (unpaired) electrons. The van der Waals surface area contributed by atoms with Crippen molar-refractivity contribution in [2.45, 2.75) is 44.4 Å². The van der Waals surface area contributed by atoms with Crippen LogP contribution in [0.4, 0.5) is 22.0 Å². The van der Waals surface area contributed by atoms with Crippen LogP contribution in [0.5, 0.6) is 5.75 Å². The molecule has 0 saturated heterocycles. The minimum absolute atomic E-state index is 0.145. The van der Waals surface area contributed by atoms with Gasteiger partial charge in [0.1, 0.15) is 5.75 Å². The van der Waals surface area contributed by atoms with Gasteiger partial charge in [-0.25, -0.2) is 22.0 Å². The quantitative estimate of drug-likeness (QED) is 0.0714. The second kappa shape index (κ2) is 12.1. The number of halogens is 5. The molecular weight excluding hydrogens is 565 g/mol. The molecule has 14 heteroatoms. The SMILES string of the molecule is CCCCC(CC)C(=O)Oc1cc2c3c(cccc3c1)C(=O)NC2=O.O=S(=O)(O)c1c(F)c(F)c(F)c(F)c1F. The fraction of sp³-hybridized carbons (Fsp3) is 0.269. The lowest BCUT2D eigenvalue weighted by molar-refractivity contribution is -0.139. The maximum Gasteiger partial charge on any atom is 0.314 e. The molecule has 1 aliphatic rings. The van der Waals surface area contributed by atoms with Gasteiger partial charge in [0.25, 0.3) is 11.8 Å². The summed E-state index contributed by atoms with van der Waals surface area (Å²) >= 11 is 0. The normalized spacial score (nSPS) is 13.4. The number of amides is 2. The minimum atomic E-state index is -5.52. The maximum absolute atomic E-state index is 12.6. The second-order valence-electron chi connectivity index (χ2n) is 8.70. The molecule has 0 aromatic heterocycles. The number of esters is 1. The lowest BCUT2D eigenvalue weighted by Crippen LogP contribution is -2.34. The van der Waals surface area contributed by atoms with Gasteiger partial charge in [0.2, 0.25) is 5.82 Å². The second-order valence-corrected chi connectivity index (χ2v) is 10.1. The Morgan fingerprint density at radius 1 is 0.925 bits per heavy atom. The molecule has 3 aromatic carbocycles. The number of unbranched alkanes of at least 4 members (excludes halogenated alkanes) is 1. The average molecular weight is 588 g/mol. The molecule has 0 spiro atoms. The van der Waals surface area contributed by atoms with E-state index in [2.05, 4.69) is 12.2 Å². The molecule has 214 valence electrons. The van der Waals surface area contributed by atoms with E-state index in [4.69, 9.17) is 9.29 Å². The summed E-state index contributed by atoms with van der Waals surface area (Å²) in [5.74, 6) is -13.5. The first-order chi connectivity index (χ1) is 18.7. The van der Waals surface area contributed by atoms with E-state index in [0.717, 1.165) is 25.7 Å². The van der Waals surface area contributed by atoms with Gasteiger partial charge in [-0.3, -0.25) is 24.3 Å². The van der Waals surface area contributed by atoms with Crippen molar-refractivity contribution in [1.82, 2.24) is 5.32 Å². The number of nitrogens with one attached hydrogen (secondary N) is 1. The number of carbonyl (C=O) groups is 3. The summed E-state index contributed by atoms with van der Waals surface area (Å²) in [5, 5.41) is 3.64. The van der Waals surface area contributed by atoms with Gasteiger partial charge in [-0.2, -0.15) is 8.42 Å². The zero-order valence-corrected chi connectivity index (χ0v) is 21.8. The summed E-state index contributed by atoms with van der Waals surface area (Å²) in [6.07, 6.45) is 3.52. The number of ether oxygens (including phenoxy) is 1. The Morgan fingerprint density at radius 2 is 1.50 bits per heavy atom. The summed E-state index contributed by atoms with van der Waals surface area (Å²) in [7, 11) is -5.52. The van der Waals surface area contributed by atoms with Gasteiger partial charge in [-0.15, -0.1) is 0 Å². The van der Waals surface area contributed by atoms with Crippen LogP contribution in [0.15, 0.2) is 35.2 Å². The molecule has 3 aromatic rings. The van der Waals surface area contributed by atoms with E-state index in [9.17, 15) is 44.8 Å². The van der Waals surface area contributed by atoms with Crippen LogP contribution >= 0.6 is 0 Å². The molecule has 1 heterocycles. The first-order valence-electron chi connectivity index (χ1n) is 11.9. The zero-order valence-electron chi connectivity index (χ0n) is 21.0. The van der Waals surface area contributed by atoms with E-state index in [1.807, 2.05) is 6.92 Å². The zero-order chi connectivity index (χ0) is 29.9. The van der Waals surface area contributed by atoms with Crippen LogP contribution in [0, 0.1) is 35.0 Å². The number of hydrogen-bond acceptors (Lipinski definition) is 6. The van der Waals surface area contributed by atoms with Crippen molar-refractivity contribution in [1.29, 1.82) is 0 Å². The van der Waals surface area contributed by atoms with Gasteiger partial charge in [0.05, 0.1) is 11.5 Å². The Morgan fingerprint density at radius 3 is 2.05 bits per heavy atom. The van der Waals surface area contributed by atoms with Crippen molar-refractivity contribution in [3.05, 3.63) is 70.5 Å². The molecule has 0 bridgehead atoms. The predicted molar refractivity (Wildman–Crippen MR) is 131 cm³/mol. The maximum atomic E-state index is 12.6. The summed E-state index contributed by atoms with van der Waals surface area (Å²) < 4.78 is 96.8. The highest BCUT2D eigenvalue weighted by Crippen LogP contribution is 2.31. The Balaban J connectivity index is 0.000000252. The lowest BCUT2D eigenvalue weighted by atomic mass is 9.95. The van der Waals surface area contributed by atoms with Crippen LogP contribution in [-0.2, 0) is 14.9 Å². The van der Waals surface area contributed by atoms with E-state index in [1.54, 1.807) is 24.3 Å². The van der Waals surface area contributed by atoms with E-state index < -0.39 is 55.9 Å². The Kier molecular flexibility index (Phi) is 9.25. The first-order valence-corrected chi connectivity index (χ1v) is 13.3. The smallest absolute Gasteiger partial charge is 0.314 e.